The van der Waals surface area contributed by atoms with E-state index in [2.05, 4.69) is 85.1 Å². The molecular formula is C61H116N28O16. The summed E-state index contributed by atoms with van der Waals surface area (Å²) in [7, 11) is 0. The maximum absolute atomic E-state index is 14.5. The first-order valence-corrected chi connectivity index (χ1v) is 34.3. The van der Waals surface area contributed by atoms with Crippen molar-refractivity contribution in [1.82, 2.24) is 85.1 Å². The number of nitrogens with two attached hydrogens (primary N) is 7. The lowest BCUT2D eigenvalue weighted by molar-refractivity contribution is -0.142. The molecule has 0 aliphatic rings. The maximum Gasteiger partial charge on any atom is 0.326 e. The zero-order valence-corrected chi connectivity index (χ0v) is 60.7. The van der Waals surface area contributed by atoms with E-state index in [4.69, 9.17) is 67.2 Å². The summed E-state index contributed by atoms with van der Waals surface area (Å²) in [5.41, 5.74) is 38.2. The Kier molecular flexibility index (Phi) is 45.5. The first kappa shape index (κ1) is 94.3. The van der Waals surface area contributed by atoms with Crippen LogP contribution in [-0.4, -0.2) is 240 Å². The van der Waals surface area contributed by atoms with Gasteiger partial charge in [0.05, 0.1) is 25.7 Å². The molecule has 0 aromatic rings. The number of carboxylic acids is 1. The second-order valence-corrected chi connectivity index (χ2v) is 26.1. The molecule has 0 heterocycles. The van der Waals surface area contributed by atoms with E-state index in [1.54, 1.807) is 41.5 Å². The monoisotopic (exact) mass is 1500 g/mol. The Hall–Kier alpha value is -10.7. The van der Waals surface area contributed by atoms with Gasteiger partial charge in [-0.25, -0.2) is 4.79 Å². The number of hydrogen-bond donors (Lipinski definition) is 31. The molecule has 0 bridgehead atoms. The fourth-order valence-corrected chi connectivity index (χ4v) is 9.91. The number of aliphatic hydroxyl groups excluding tert-OH is 2. The molecule has 0 radical (unpaired) electrons. The predicted molar refractivity (Wildman–Crippen MR) is 385 cm³/mol. The summed E-state index contributed by atoms with van der Waals surface area (Å²) in [5.74, 6) is -16.7. The minimum Gasteiger partial charge on any atom is -0.480 e. The van der Waals surface area contributed by atoms with Crippen LogP contribution in [0.25, 0.3) is 0 Å². The predicted octanol–water partition coefficient (Wildman–Crippen LogP) is -9.93. The quantitative estimate of drug-likeness (QED) is 0.0153. The molecular weight excluding hydrogens is 1380 g/mol. The summed E-state index contributed by atoms with van der Waals surface area (Å²) in [6, 6.07) is -18.4. The van der Waals surface area contributed by atoms with Crippen molar-refractivity contribution < 1.29 is 77.6 Å². The lowest BCUT2D eigenvalue weighted by Crippen LogP contribution is -2.61. The van der Waals surface area contributed by atoms with Crippen LogP contribution in [-0.2, 0) is 62.3 Å². The average Bonchev–Trinajstić information content (AvgIpc) is 0.861. The second-order valence-electron chi connectivity index (χ2n) is 26.1. The van der Waals surface area contributed by atoms with Crippen LogP contribution in [0.1, 0.15) is 138 Å². The van der Waals surface area contributed by atoms with Crippen molar-refractivity contribution in [1.29, 1.82) is 27.0 Å². The van der Waals surface area contributed by atoms with Gasteiger partial charge in [0.2, 0.25) is 70.9 Å². The highest BCUT2D eigenvalue weighted by atomic mass is 16.4. The van der Waals surface area contributed by atoms with Crippen molar-refractivity contribution in [2.75, 3.05) is 45.9 Å². The Morgan fingerprint density at radius 2 is 0.486 bits per heavy atom. The van der Waals surface area contributed by atoms with Gasteiger partial charge in [0, 0.05) is 32.7 Å². The normalized spacial score (nSPS) is 14.4. The highest BCUT2D eigenvalue weighted by Gasteiger charge is 2.37. The Morgan fingerprint density at radius 1 is 0.295 bits per heavy atom. The van der Waals surface area contributed by atoms with Crippen LogP contribution in [0.3, 0.4) is 0 Å². The number of carbonyl (C=O) groups is 13. The molecule has 0 spiro atoms. The molecule has 44 nitrogen and oxygen atoms in total. The van der Waals surface area contributed by atoms with Crippen molar-refractivity contribution >= 4 is 107 Å². The molecule has 0 aliphatic carbocycles. The molecule has 596 valence electrons. The van der Waals surface area contributed by atoms with Crippen LogP contribution in [0.4, 0.5) is 0 Å². The zero-order valence-electron chi connectivity index (χ0n) is 60.7. The number of aliphatic carboxylic acids is 1. The van der Waals surface area contributed by atoms with Gasteiger partial charge in [-0.3, -0.25) is 84.6 Å². The SMILES string of the molecule is CC(C)C[C@H](NC(=O)[C@H](CO)NC(=O)[C@H](CCCNC(=N)N)NC(=O)[C@H](CC(C)C)NC(=O)[C@H](CC(C)C)NC(=O)[C@H](CO)NC(=O)[C@H](CCCNC(=N)N)NC(=O)[C@H](CCCNC(=N)N)NC(=O)[C@H](C)N)C(=O)N[C@@H](CC(N)=O)C(=O)N[C@@H](CCCNC(=N)N)C(=O)N[C@@H](CCCNC(=N)N)C(=O)O. The van der Waals surface area contributed by atoms with Crippen LogP contribution in [0, 0.1) is 44.8 Å². The fourth-order valence-electron chi connectivity index (χ4n) is 9.91. The zero-order chi connectivity index (χ0) is 80.2. The Balaban J connectivity index is 7.04. The Bertz CT molecular complexity index is 2940. The van der Waals surface area contributed by atoms with Gasteiger partial charge in [0.25, 0.3) is 0 Å². The largest absolute Gasteiger partial charge is 0.480 e. The number of primary amides is 1. The highest BCUT2D eigenvalue weighted by molar-refractivity contribution is 6.00. The molecule has 0 fully saturated rings. The maximum atomic E-state index is 14.5. The van der Waals surface area contributed by atoms with Gasteiger partial charge in [0.15, 0.2) is 29.8 Å². The van der Waals surface area contributed by atoms with Gasteiger partial charge in [-0.15, -0.1) is 0 Å². The summed E-state index contributed by atoms with van der Waals surface area (Å²) in [6.45, 7) is 9.56. The molecule has 38 N–H and O–H groups in total. The number of carbonyl (C=O) groups excluding carboxylic acids is 12. The summed E-state index contributed by atoms with van der Waals surface area (Å²) >= 11 is 0. The number of rotatable bonds is 53. The van der Waals surface area contributed by atoms with Gasteiger partial charge in [-0.2, -0.15) is 0 Å². The lowest BCUT2D eigenvalue weighted by Gasteiger charge is -2.29. The van der Waals surface area contributed by atoms with Crippen molar-refractivity contribution in [3.63, 3.8) is 0 Å². The standard InChI is InChI=1S/C61H116N28O16/c1-29(2)23-38(84-51(99)39(24-30(3)4)85-54(102)42(27-90)88-48(96)35(15-10-20-76-59(68)69)80-46(94)33(79-45(93)32(7)62)13-8-18-74-57(64)65)50(98)81-36(16-11-21-77-60(70)71)49(97)89-43(28-91)55(103)86-40(25-31(5)6)52(100)87-41(26-44(63)92)53(101)82-34(14-9-19-75-58(66)67)47(95)83-37(56(104)105)17-12-22-78-61(72)73/h29-43,90-91H,8-28,62H2,1-7H3,(H2,63,92)(H,79,93)(H,80,94)(H,81,98)(H,82,101)(H,83,95)(H,84,99)(H,85,102)(H,86,103)(H,87,100)(H,88,96)(H,89,97)(H,104,105)(H4,64,65,74)(H4,66,67,75)(H4,68,69,76)(H4,70,71,77)(H4,72,73,78)/t32-,33-,34-,35-,36-,37-,38-,39-,40-,41-,42-,43-/m0/s1. The lowest BCUT2D eigenvalue weighted by atomic mass is 9.99. The highest BCUT2D eigenvalue weighted by Crippen LogP contribution is 2.14. The first-order valence-electron chi connectivity index (χ1n) is 34.3. The Labute approximate surface area is 609 Å². The third-order valence-electron chi connectivity index (χ3n) is 15.2. The molecule has 12 amide bonds. The summed E-state index contributed by atoms with van der Waals surface area (Å²) in [4.78, 5) is 178. The topological polar surface area (TPSA) is 776 Å². The van der Waals surface area contributed by atoms with E-state index in [-0.39, 0.29) is 140 Å². The summed E-state index contributed by atoms with van der Waals surface area (Å²) in [6.07, 6.45) is -1.53. The van der Waals surface area contributed by atoms with Gasteiger partial charge in [0.1, 0.15) is 66.5 Å². The van der Waals surface area contributed by atoms with Crippen LogP contribution in [0.15, 0.2) is 0 Å². The van der Waals surface area contributed by atoms with Crippen molar-refractivity contribution in [3.8, 4) is 0 Å². The summed E-state index contributed by atoms with van der Waals surface area (Å²) < 4.78 is 0. The van der Waals surface area contributed by atoms with E-state index in [1.807, 2.05) is 0 Å². The van der Waals surface area contributed by atoms with Crippen molar-refractivity contribution in [2.45, 2.75) is 211 Å². The fraction of sp³-hybridized carbons (Fsp3) is 0.705. The Morgan fingerprint density at radius 3 is 0.705 bits per heavy atom. The molecule has 0 aliphatic heterocycles. The van der Waals surface area contributed by atoms with E-state index >= 15 is 0 Å². The van der Waals surface area contributed by atoms with Gasteiger partial charge < -0.3 is 141 Å². The van der Waals surface area contributed by atoms with Gasteiger partial charge in [-0.1, -0.05) is 41.5 Å². The summed E-state index contributed by atoms with van der Waals surface area (Å²) in [5, 5.41) is 108. The smallest absolute Gasteiger partial charge is 0.326 e. The van der Waals surface area contributed by atoms with E-state index in [0.29, 0.717) is 0 Å². The number of hydrogen-bond acceptors (Lipinski definition) is 21. The third kappa shape index (κ3) is 41.9. The average molecular weight is 1500 g/mol. The molecule has 105 heavy (non-hydrogen) atoms. The van der Waals surface area contributed by atoms with E-state index in [0.717, 1.165) is 0 Å². The van der Waals surface area contributed by atoms with Crippen molar-refractivity contribution in [2.24, 2.45) is 57.9 Å². The van der Waals surface area contributed by atoms with Crippen LogP contribution < -0.4 is 125 Å². The van der Waals surface area contributed by atoms with E-state index in [9.17, 15) is 77.6 Å². The number of nitrogens with one attached hydrogen (secondary N) is 21. The van der Waals surface area contributed by atoms with E-state index in [1.165, 1.54) is 6.92 Å². The minimum absolute atomic E-state index is 0.0100. The number of aliphatic hydroxyl groups is 2. The number of amides is 12. The van der Waals surface area contributed by atoms with Gasteiger partial charge in [-0.05, 0) is 108 Å². The molecule has 0 unspecified atom stereocenters. The van der Waals surface area contributed by atoms with E-state index < -0.39 is 193 Å². The molecule has 44 heteroatoms. The second kappa shape index (κ2) is 50.7. The molecule has 0 aromatic carbocycles. The van der Waals surface area contributed by atoms with Crippen molar-refractivity contribution in [3.05, 3.63) is 0 Å². The first-order chi connectivity index (χ1) is 49.1. The molecule has 0 rings (SSSR count). The number of guanidine groups is 5. The van der Waals surface area contributed by atoms with Crippen LogP contribution >= 0.6 is 0 Å². The van der Waals surface area contributed by atoms with Gasteiger partial charge >= 0.3 is 5.97 Å². The molecule has 0 aromatic heterocycles. The molecule has 12 atom stereocenters. The molecule has 0 saturated heterocycles. The molecule has 0 saturated carbocycles. The van der Waals surface area contributed by atoms with Crippen LogP contribution in [0.5, 0.6) is 0 Å². The van der Waals surface area contributed by atoms with Crippen LogP contribution in [0.2, 0.25) is 0 Å². The number of carboxylic acid groups (broad SMARTS) is 1. The minimum atomic E-state index is -1.87. The third-order valence-corrected chi connectivity index (χ3v) is 15.2.